The second-order valence-electron chi connectivity index (χ2n) is 7.72. The van der Waals surface area contributed by atoms with Crippen LogP contribution < -0.4 is 10.3 Å². The van der Waals surface area contributed by atoms with Crippen LogP contribution in [0.3, 0.4) is 0 Å². The molecule has 0 saturated carbocycles. The molecule has 6 nitrogen and oxygen atoms in total. The molecule has 2 heterocycles. The number of amides is 2. The first kappa shape index (κ1) is 21.0. The number of benzene rings is 3. The maximum atomic E-state index is 12.9. The first-order chi connectivity index (χ1) is 16.0. The number of ether oxygens (including phenoxy) is 1. The van der Waals surface area contributed by atoms with Crippen molar-refractivity contribution in [2.75, 3.05) is 13.2 Å². The van der Waals surface area contributed by atoms with Crippen LogP contribution in [0.5, 0.6) is 5.75 Å². The highest BCUT2D eigenvalue weighted by Gasteiger charge is 2.34. The largest absolute Gasteiger partial charge is 0.492 e. The summed E-state index contributed by atoms with van der Waals surface area (Å²) >= 11 is 6.11. The number of nitrogens with one attached hydrogen (secondary N) is 1. The van der Waals surface area contributed by atoms with Gasteiger partial charge in [-0.15, -0.1) is 0 Å². The van der Waals surface area contributed by atoms with Gasteiger partial charge in [0.15, 0.2) is 0 Å². The Balaban J connectivity index is 1.40. The van der Waals surface area contributed by atoms with E-state index in [-0.39, 0.29) is 30.5 Å². The lowest BCUT2D eigenvalue weighted by atomic mass is 10.0. The maximum absolute atomic E-state index is 12.9. The van der Waals surface area contributed by atoms with Crippen molar-refractivity contribution < 1.29 is 14.3 Å². The lowest BCUT2D eigenvalue weighted by Crippen LogP contribution is -2.31. The molecule has 1 N–H and O–H groups in total. The van der Waals surface area contributed by atoms with Crippen molar-refractivity contribution in [2.24, 2.45) is 0 Å². The number of aromatic nitrogens is 1. The summed E-state index contributed by atoms with van der Waals surface area (Å²) in [6.07, 6.45) is 0.418. The number of pyridine rings is 1. The molecule has 1 aliphatic heterocycles. The van der Waals surface area contributed by atoms with Gasteiger partial charge in [0.1, 0.15) is 5.75 Å². The van der Waals surface area contributed by atoms with E-state index in [4.69, 9.17) is 16.3 Å². The van der Waals surface area contributed by atoms with Crippen LogP contribution in [-0.4, -0.2) is 34.8 Å². The summed E-state index contributed by atoms with van der Waals surface area (Å²) in [5.74, 6) is -0.146. The fourth-order valence-electron chi connectivity index (χ4n) is 4.10. The van der Waals surface area contributed by atoms with E-state index < -0.39 is 0 Å². The molecule has 0 radical (unpaired) electrons. The SMILES string of the molecule is O=C1c2ccccc2C(=O)N1CCCOc1c(-c2ccccc2)c(=O)[nH]c2cc(Cl)ccc12. The molecule has 0 bridgehead atoms. The van der Waals surface area contributed by atoms with Gasteiger partial charge >= 0.3 is 0 Å². The van der Waals surface area contributed by atoms with E-state index in [9.17, 15) is 14.4 Å². The monoisotopic (exact) mass is 458 g/mol. The second kappa shape index (κ2) is 8.56. The van der Waals surface area contributed by atoms with Crippen LogP contribution in [0.4, 0.5) is 0 Å². The molecule has 33 heavy (non-hydrogen) atoms. The van der Waals surface area contributed by atoms with Gasteiger partial charge in [-0.2, -0.15) is 0 Å². The summed E-state index contributed by atoms with van der Waals surface area (Å²) in [4.78, 5) is 42.2. The molecule has 0 fully saturated rings. The minimum absolute atomic E-state index is 0.217. The molecule has 0 saturated heterocycles. The van der Waals surface area contributed by atoms with Crippen LogP contribution in [0.25, 0.3) is 22.0 Å². The normalized spacial score (nSPS) is 12.9. The van der Waals surface area contributed by atoms with E-state index in [0.717, 1.165) is 10.9 Å². The highest BCUT2D eigenvalue weighted by atomic mass is 35.5. The molecule has 164 valence electrons. The van der Waals surface area contributed by atoms with Crippen molar-refractivity contribution in [3.63, 3.8) is 0 Å². The Hall–Kier alpha value is -3.90. The average molecular weight is 459 g/mol. The number of hydrogen-bond acceptors (Lipinski definition) is 4. The van der Waals surface area contributed by atoms with Gasteiger partial charge in [0.05, 0.1) is 28.8 Å². The van der Waals surface area contributed by atoms with E-state index in [2.05, 4.69) is 4.98 Å². The molecule has 0 atom stereocenters. The van der Waals surface area contributed by atoms with Gasteiger partial charge in [0.25, 0.3) is 17.4 Å². The Kier molecular flexibility index (Phi) is 5.44. The van der Waals surface area contributed by atoms with Crippen LogP contribution in [0.1, 0.15) is 27.1 Å². The third-order valence-electron chi connectivity index (χ3n) is 5.64. The smallest absolute Gasteiger partial charge is 0.261 e. The van der Waals surface area contributed by atoms with Gasteiger partial charge in [-0.25, -0.2) is 0 Å². The number of hydrogen-bond donors (Lipinski definition) is 1. The highest BCUT2D eigenvalue weighted by Crippen LogP contribution is 2.34. The fourth-order valence-corrected chi connectivity index (χ4v) is 4.27. The fraction of sp³-hybridized carbons (Fsp3) is 0.115. The molecule has 1 aromatic heterocycles. The molecule has 1 aliphatic rings. The Morgan fingerprint density at radius 2 is 1.52 bits per heavy atom. The van der Waals surface area contributed by atoms with E-state index >= 15 is 0 Å². The standard InChI is InChI=1S/C26H19ClN2O4/c27-17-11-12-20-21(15-17)28-24(30)22(16-7-2-1-3-8-16)23(20)33-14-6-13-29-25(31)18-9-4-5-10-19(18)26(29)32/h1-5,7-12,15H,6,13-14H2,(H,28,30). The van der Waals surface area contributed by atoms with Crippen molar-refractivity contribution in [1.82, 2.24) is 9.88 Å². The number of H-pyrrole nitrogens is 1. The van der Waals surface area contributed by atoms with Crippen LogP contribution in [0, 0.1) is 0 Å². The summed E-state index contributed by atoms with van der Waals surface area (Å²) in [6, 6.07) is 21.3. The summed E-state index contributed by atoms with van der Waals surface area (Å²) < 4.78 is 6.12. The molecular weight excluding hydrogens is 440 g/mol. The number of aromatic amines is 1. The second-order valence-corrected chi connectivity index (χ2v) is 8.16. The zero-order chi connectivity index (χ0) is 22.9. The van der Waals surface area contributed by atoms with E-state index in [1.807, 2.05) is 30.3 Å². The van der Waals surface area contributed by atoms with Crippen molar-refractivity contribution >= 4 is 34.3 Å². The summed E-state index contributed by atoms with van der Waals surface area (Å²) in [5.41, 5.74) is 2.28. The van der Waals surface area contributed by atoms with Gasteiger partial charge in [-0.1, -0.05) is 54.1 Å². The van der Waals surface area contributed by atoms with E-state index in [1.54, 1.807) is 42.5 Å². The van der Waals surface area contributed by atoms with Gasteiger partial charge < -0.3 is 9.72 Å². The first-order valence-electron chi connectivity index (χ1n) is 10.5. The average Bonchev–Trinajstić information content (AvgIpc) is 3.06. The molecular formula is C26H19ClN2O4. The van der Waals surface area contributed by atoms with Crippen molar-refractivity contribution in [2.45, 2.75) is 6.42 Å². The molecule has 2 amide bonds. The lowest BCUT2D eigenvalue weighted by Gasteiger charge is -2.16. The third-order valence-corrected chi connectivity index (χ3v) is 5.88. The zero-order valence-electron chi connectivity index (χ0n) is 17.5. The Morgan fingerprint density at radius 1 is 0.848 bits per heavy atom. The van der Waals surface area contributed by atoms with Crippen LogP contribution in [-0.2, 0) is 0 Å². The summed E-state index contributed by atoms with van der Waals surface area (Å²) in [5, 5.41) is 1.22. The molecule has 4 aromatic rings. The highest BCUT2D eigenvalue weighted by molar-refractivity contribution is 6.31. The van der Waals surface area contributed by atoms with Crippen molar-refractivity contribution in [1.29, 1.82) is 0 Å². The third kappa shape index (κ3) is 3.79. The quantitative estimate of drug-likeness (QED) is 0.329. The molecule has 0 unspecified atom stereocenters. The first-order valence-corrected chi connectivity index (χ1v) is 10.9. The van der Waals surface area contributed by atoms with E-state index in [1.165, 1.54) is 4.90 Å². The molecule has 0 aliphatic carbocycles. The number of rotatable bonds is 6. The van der Waals surface area contributed by atoms with Gasteiger partial charge in [-0.3, -0.25) is 19.3 Å². The minimum atomic E-state index is -0.295. The van der Waals surface area contributed by atoms with Gasteiger partial charge in [-0.05, 0) is 42.3 Å². The number of halogens is 1. The Labute approximate surface area is 194 Å². The molecule has 7 heteroatoms. The maximum Gasteiger partial charge on any atom is 0.261 e. The number of carbonyl (C=O) groups excluding carboxylic acids is 2. The molecule has 0 spiro atoms. The lowest BCUT2D eigenvalue weighted by molar-refractivity contribution is 0.0647. The number of imide groups is 1. The molecule has 5 rings (SSSR count). The van der Waals surface area contributed by atoms with Gasteiger partial charge in [0, 0.05) is 17.0 Å². The molecule has 3 aromatic carbocycles. The predicted molar refractivity (Wildman–Crippen MR) is 127 cm³/mol. The van der Waals surface area contributed by atoms with Crippen LogP contribution in [0.15, 0.2) is 77.6 Å². The van der Waals surface area contributed by atoms with Gasteiger partial charge in [0.2, 0.25) is 0 Å². The minimum Gasteiger partial charge on any atom is -0.492 e. The Bertz CT molecular complexity index is 1410. The number of carbonyl (C=O) groups is 2. The topological polar surface area (TPSA) is 79.5 Å². The Morgan fingerprint density at radius 3 is 2.21 bits per heavy atom. The van der Waals surface area contributed by atoms with Crippen LogP contribution >= 0.6 is 11.6 Å². The number of fused-ring (bicyclic) bond motifs is 2. The van der Waals surface area contributed by atoms with E-state index in [0.29, 0.717) is 39.4 Å². The zero-order valence-corrected chi connectivity index (χ0v) is 18.3. The predicted octanol–water partition coefficient (Wildman–Crippen LogP) is 4.91. The number of nitrogens with zero attached hydrogens (tertiary/aromatic N) is 1. The van der Waals surface area contributed by atoms with Crippen LogP contribution in [0.2, 0.25) is 5.02 Å². The van der Waals surface area contributed by atoms with Crippen molar-refractivity contribution in [3.05, 3.63) is 99.3 Å². The summed E-state index contributed by atoms with van der Waals surface area (Å²) in [7, 11) is 0. The van der Waals surface area contributed by atoms with Crippen molar-refractivity contribution in [3.8, 4) is 16.9 Å². The summed E-state index contributed by atoms with van der Waals surface area (Å²) in [6.45, 7) is 0.439.